The maximum atomic E-state index is 11.0. The molecule has 0 amide bonds. The first-order valence-corrected chi connectivity index (χ1v) is 6.37. The van der Waals surface area contributed by atoms with Crippen LogP contribution in [0.4, 0.5) is 0 Å². The number of carbonyl (C=O) groups is 1. The quantitative estimate of drug-likeness (QED) is 0.889. The monoisotopic (exact) mass is 248 g/mol. The molecule has 0 aliphatic heterocycles. The average Bonchev–Trinajstić information content (AvgIpc) is 3.08. The number of carboxylic acids is 1. The topological polar surface area (TPSA) is 46.5 Å². The van der Waals surface area contributed by atoms with Crippen molar-refractivity contribution >= 4 is 5.97 Å². The molecule has 1 fully saturated rings. The summed E-state index contributed by atoms with van der Waals surface area (Å²) in [7, 11) is 1.68. The van der Waals surface area contributed by atoms with E-state index in [0.717, 1.165) is 23.3 Å². The fraction of sp³-hybridized carbons (Fsp3) is 0.533. The molecule has 1 aliphatic carbocycles. The van der Waals surface area contributed by atoms with Crippen molar-refractivity contribution in [1.82, 2.24) is 0 Å². The summed E-state index contributed by atoms with van der Waals surface area (Å²) in [5, 5.41) is 9.03. The first-order chi connectivity index (χ1) is 8.45. The summed E-state index contributed by atoms with van der Waals surface area (Å²) in [5.41, 5.74) is 3.46. The maximum absolute atomic E-state index is 11.0. The summed E-state index contributed by atoms with van der Waals surface area (Å²) < 4.78 is 5.40. The summed E-state index contributed by atoms with van der Waals surface area (Å²) in [6, 6.07) is 4.16. The maximum Gasteiger partial charge on any atom is 0.307 e. The van der Waals surface area contributed by atoms with E-state index in [4.69, 9.17) is 9.84 Å². The summed E-state index contributed by atoms with van der Waals surface area (Å²) in [5.74, 6) is 0.587. The Morgan fingerprint density at radius 2 is 2.11 bits per heavy atom. The second-order valence-corrected chi connectivity index (χ2v) is 5.39. The first-order valence-electron chi connectivity index (χ1n) is 6.37. The van der Waals surface area contributed by atoms with Crippen LogP contribution in [0.1, 0.15) is 48.8 Å². The number of hydrogen-bond acceptors (Lipinski definition) is 2. The number of aliphatic carboxylic acids is 1. The third kappa shape index (κ3) is 2.22. The predicted octanol–water partition coefficient (Wildman–Crippen LogP) is 3.32. The molecule has 0 bridgehead atoms. The highest BCUT2D eigenvalue weighted by Crippen LogP contribution is 2.50. The van der Waals surface area contributed by atoms with E-state index in [1.807, 2.05) is 13.0 Å². The number of ether oxygens (including phenoxy) is 1. The van der Waals surface area contributed by atoms with Crippen molar-refractivity contribution in [1.29, 1.82) is 0 Å². The second kappa shape index (κ2) is 4.63. The SMILES string of the molecule is COc1cc(C)c(C2CC2C(=O)O)cc1C(C)C. The molecular formula is C15H20O3. The lowest BCUT2D eigenvalue weighted by atomic mass is 9.94. The zero-order valence-corrected chi connectivity index (χ0v) is 11.4. The van der Waals surface area contributed by atoms with Gasteiger partial charge in [0.05, 0.1) is 13.0 Å². The van der Waals surface area contributed by atoms with Crippen molar-refractivity contribution in [3.05, 3.63) is 28.8 Å². The fourth-order valence-corrected chi connectivity index (χ4v) is 2.55. The molecule has 1 aromatic rings. The number of aryl methyl sites for hydroxylation is 1. The van der Waals surface area contributed by atoms with Crippen LogP contribution in [0.15, 0.2) is 12.1 Å². The third-order valence-electron chi connectivity index (χ3n) is 3.75. The van der Waals surface area contributed by atoms with Crippen LogP contribution in [0.25, 0.3) is 0 Å². The molecule has 1 aromatic carbocycles. The minimum atomic E-state index is -0.679. The van der Waals surface area contributed by atoms with E-state index >= 15 is 0 Å². The third-order valence-corrected chi connectivity index (χ3v) is 3.75. The molecule has 0 spiro atoms. The van der Waals surface area contributed by atoms with Gasteiger partial charge in [-0.2, -0.15) is 0 Å². The Morgan fingerprint density at radius 3 is 2.56 bits per heavy atom. The Balaban J connectivity index is 2.38. The van der Waals surface area contributed by atoms with Crippen LogP contribution in [0.2, 0.25) is 0 Å². The first kappa shape index (κ1) is 12.9. The zero-order chi connectivity index (χ0) is 13.4. The van der Waals surface area contributed by atoms with Gasteiger partial charge in [-0.15, -0.1) is 0 Å². The van der Waals surface area contributed by atoms with Gasteiger partial charge in [-0.05, 0) is 47.9 Å². The van der Waals surface area contributed by atoms with Crippen LogP contribution in [0.3, 0.4) is 0 Å². The highest BCUT2D eigenvalue weighted by atomic mass is 16.5. The molecule has 0 radical (unpaired) electrons. The van der Waals surface area contributed by atoms with E-state index in [1.165, 1.54) is 5.56 Å². The van der Waals surface area contributed by atoms with Gasteiger partial charge in [0.15, 0.2) is 0 Å². The number of methoxy groups -OCH3 is 1. The number of hydrogen-bond donors (Lipinski definition) is 1. The van der Waals surface area contributed by atoms with Crippen molar-refractivity contribution < 1.29 is 14.6 Å². The molecule has 2 atom stereocenters. The van der Waals surface area contributed by atoms with Crippen molar-refractivity contribution in [2.75, 3.05) is 7.11 Å². The number of benzene rings is 1. The van der Waals surface area contributed by atoms with E-state index in [2.05, 4.69) is 19.9 Å². The number of rotatable bonds is 4. The lowest BCUT2D eigenvalue weighted by Gasteiger charge is -2.16. The summed E-state index contributed by atoms with van der Waals surface area (Å²) >= 11 is 0. The molecule has 3 heteroatoms. The van der Waals surface area contributed by atoms with Gasteiger partial charge in [0.1, 0.15) is 5.75 Å². The standard InChI is InChI=1S/C15H20O3/c1-8(2)10-6-11(9(3)5-14(10)18-4)12-7-13(12)15(16)17/h5-6,8,12-13H,7H2,1-4H3,(H,16,17). The Kier molecular flexibility index (Phi) is 3.33. The Bertz CT molecular complexity index is 477. The highest BCUT2D eigenvalue weighted by Gasteiger charge is 2.45. The molecule has 18 heavy (non-hydrogen) atoms. The molecule has 1 saturated carbocycles. The van der Waals surface area contributed by atoms with Gasteiger partial charge < -0.3 is 9.84 Å². The van der Waals surface area contributed by atoms with Crippen molar-refractivity contribution in [2.45, 2.75) is 39.0 Å². The molecule has 0 saturated heterocycles. The van der Waals surface area contributed by atoms with Crippen LogP contribution in [0, 0.1) is 12.8 Å². The summed E-state index contributed by atoms with van der Waals surface area (Å²) in [6.45, 7) is 6.27. The molecule has 0 heterocycles. The Hall–Kier alpha value is -1.51. The van der Waals surface area contributed by atoms with E-state index in [-0.39, 0.29) is 11.8 Å². The number of carboxylic acid groups (broad SMARTS) is 1. The highest BCUT2D eigenvalue weighted by molar-refractivity contribution is 5.75. The van der Waals surface area contributed by atoms with E-state index in [0.29, 0.717) is 5.92 Å². The van der Waals surface area contributed by atoms with E-state index in [9.17, 15) is 4.79 Å². The van der Waals surface area contributed by atoms with Gasteiger partial charge >= 0.3 is 5.97 Å². The van der Waals surface area contributed by atoms with Crippen LogP contribution >= 0.6 is 0 Å². The summed E-state index contributed by atoms with van der Waals surface area (Å²) in [4.78, 5) is 11.0. The molecule has 1 N–H and O–H groups in total. The van der Waals surface area contributed by atoms with E-state index in [1.54, 1.807) is 7.11 Å². The molecule has 3 nitrogen and oxygen atoms in total. The van der Waals surface area contributed by atoms with E-state index < -0.39 is 5.97 Å². The lowest BCUT2D eigenvalue weighted by molar-refractivity contribution is -0.138. The minimum Gasteiger partial charge on any atom is -0.496 e. The average molecular weight is 248 g/mol. The van der Waals surface area contributed by atoms with Gasteiger partial charge in [-0.25, -0.2) is 0 Å². The normalized spacial score (nSPS) is 22.1. The van der Waals surface area contributed by atoms with Gasteiger partial charge in [0.25, 0.3) is 0 Å². The lowest BCUT2D eigenvalue weighted by Crippen LogP contribution is -2.02. The molecule has 0 aromatic heterocycles. The summed E-state index contributed by atoms with van der Waals surface area (Å²) in [6.07, 6.45) is 0.764. The Labute approximate surface area is 108 Å². The van der Waals surface area contributed by atoms with Gasteiger partial charge in [-0.1, -0.05) is 19.9 Å². The zero-order valence-electron chi connectivity index (χ0n) is 11.4. The van der Waals surface area contributed by atoms with Crippen LogP contribution < -0.4 is 4.74 Å². The van der Waals surface area contributed by atoms with Crippen LogP contribution in [-0.4, -0.2) is 18.2 Å². The predicted molar refractivity (Wildman–Crippen MR) is 70.3 cm³/mol. The minimum absolute atomic E-state index is 0.186. The molecule has 98 valence electrons. The van der Waals surface area contributed by atoms with Gasteiger partial charge in [0, 0.05) is 0 Å². The fourth-order valence-electron chi connectivity index (χ4n) is 2.55. The largest absolute Gasteiger partial charge is 0.496 e. The van der Waals surface area contributed by atoms with Crippen molar-refractivity contribution in [3.63, 3.8) is 0 Å². The molecule has 2 unspecified atom stereocenters. The smallest absolute Gasteiger partial charge is 0.307 e. The molecule has 1 aliphatic rings. The molecular weight excluding hydrogens is 228 g/mol. The second-order valence-electron chi connectivity index (χ2n) is 5.39. The van der Waals surface area contributed by atoms with Crippen LogP contribution in [0.5, 0.6) is 5.75 Å². The van der Waals surface area contributed by atoms with Gasteiger partial charge in [0.2, 0.25) is 0 Å². The van der Waals surface area contributed by atoms with Gasteiger partial charge in [-0.3, -0.25) is 4.79 Å². The van der Waals surface area contributed by atoms with Crippen molar-refractivity contribution in [2.24, 2.45) is 5.92 Å². The van der Waals surface area contributed by atoms with Crippen LogP contribution in [-0.2, 0) is 4.79 Å². The Morgan fingerprint density at radius 1 is 1.44 bits per heavy atom. The molecule has 2 rings (SSSR count). The van der Waals surface area contributed by atoms with Crippen molar-refractivity contribution in [3.8, 4) is 5.75 Å².